The minimum Gasteiger partial charge on any atom is -0.467 e. The van der Waals surface area contributed by atoms with Gasteiger partial charge in [-0.05, 0) is 37.3 Å². The Bertz CT molecular complexity index is 684. The standard InChI is InChI=1S/C16H15FN2O2/c1-11(15-5-3-9-21-15)19-16(20)13-7-6-12(4-2-8-18)10-14(13)17/h3,5-7,9-11H,8,18H2,1H3,(H,19,20). The first kappa shape index (κ1) is 14.8. The van der Waals surface area contributed by atoms with Gasteiger partial charge < -0.3 is 15.5 Å². The SMILES string of the molecule is CC(NC(=O)c1ccc(C#CCN)cc1F)c1ccco1. The Labute approximate surface area is 122 Å². The molecule has 0 radical (unpaired) electrons. The van der Waals surface area contributed by atoms with Gasteiger partial charge in [-0.25, -0.2) is 4.39 Å². The van der Waals surface area contributed by atoms with Crippen molar-refractivity contribution in [3.05, 3.63) is 59.3 Å². The summed E-state index contributed by atoms with van der Waals surface area (Å²) in [6, 6.07) is 7.33. The molecule has 1 unspecified atom stereocenters. The van der Waals surface area contributed by atoms with E-state index >= 15 is 0 Å². The predicted octanol–water partition coefficient (Wildman–Crippen LogP) is 2.22. The van der Waals surface area contributed by atoms with Crippen LogP contribution in [0.4, 0.5) is 4.39 Å². The first-order valence-corrected chi connectivity index (χ1v) is 6.44. The van der Waals surface area contributed by atoms with Crippen LogP contribution >= 0.6 is 0 Å². The quantitative estimate of drug-likeness (QED) is 0.850. The average molecular weight is 286 g/mol. The van der Waals surface area contributed by atoms with Crippen LogP contribution in [0.2, 0.25) is 0 Å². The highest BCUT2D eigenvalue weighted by molar-refractivity contribution is 5.94. The summed E-state index contributed by atoms with van der Waals surface area (Å²) in [5.74, 6) is 4.82. The fraction of sp³-hybridized carbons (Fsp3) is 0.188. The van der Waals surface area contributed by atoms with Gasteiger partial charge in [0.05, 0.1) is 24.4 Å². The molecule has 108 valence electrons. The lowest BCUT2D eigenvalue weighted by Crippen LogP contribution is -2.27. The largest absolute Gasteiger partial charge is 0.467 e. The number of amides is 1. The van der Waals surface area contributed by atoms with Crippen molar-refractivity contribution in [3.8, 4) is 11.8 Å². The maximum atomic E-state index is 13.9. The van der Waals surface area contributed by atoms with Crippen LogP contribution in [0.5, 0.6) is 0 Å². The number of furan rings is 1. The van der Waals surface area contributed by atoms with Gasteiger partial charge in [-0.3, -0.25) is 4.79 Å². The molecule has 1 atom stereocenters. The first-order chi connectivity index (χ1) is 10.1. The van der Waals surface area contributed by atoms with Crippen molar-refractivity contribution >= 4 is 5.91 Å². The van der Waals surface area contributed by atoms with Crippen molar-refractivity contribution in [2.45, 2.75) is 13.0 Å². The highest BCUT2D eigenvalue weighted by atomic mass is 19.1. The lowest BCUT2D eigenvalue weighted by atomic mass is 10.1. The van der Waals surface area contributed by atoms with Crippen molar-refractivity contribution in [1.29, 1.82) is 0 Å². The highest BCUT2D eigenvalue weighted by Gasteiger charge is 2.16. The maximum Gasteiger partial charge on any atom is 0.254 e. The Balaban J connectivity index is 2.12. The fourth-order valence-corrected chi connectivity index (χ4v) is 1.81. The summed E-state index contributed by atoms with van der Waals surface area (Å²) < 4.78 is 19.1. The molecule has 0 aliphatic rings. The van der Waals surface area contributed by atoms with Crippen molar-refractivity contribution < 1.29 is 13.6 Å². The number of halogens is 1. The second kappa shape index (κ2) is 6.73. The van der Waals surface area contributed by atoms with Crippen LogP contribution in [0.1, 0.15) is 34.6 Å². The summed E-state index contributed by atoms with van der Waals surface area (Å²) in [5.41, 5.74) is 5.70. The van der Waals surface area contributed by atoms with E-state index in [1.54, 1.807) is 25.1 Å². The predicted molar refractivity (Wildman–Crippen MR) is 76.9 cm³/mol. The molecule has 1 aromatic heterocycles. The summed E-state index contributed by atoms with van der Waals surface area (Å²) in [4.78, 5) is 12.0. The van der Waals surface area contributed by atoms with Crippen LogP contribution in [0, 0.1) is 17.7 Å². The van der Waals surface area contributed by atoms with Crippen LogP contribution in [-0.2, 0) is 0 Å². The molecule has 2 aromatic rings. The summed E-state index contributed by atoms with van der Waals surface area (Å²) in [7, 11) is 0. The van der Waals surface area contributed by atoms with Crippen molar-refractivity contribution in [2.24, 2.45) is 5.73 Å². The minimum absolute atomic E-state index is 0.0355. The Morgan fingerprint density at radius 2 is 2.29 bits per heavy atom. The van der Waals surface area contributed by atoms with Gasteiger partial charge in [-0.2, -0.15) is 0 Å². The van der Waals surface area contributed by atoms with Gasteiger partial charge >= 0.3 is 0 Å². The van der Waals surface area contributed by atoms with Gasteiger partial charge in [0.15, 0.2) is 0 Å². The molecule has 0 aliphatic carbocycles. The van der Waals surface area contributed by atoms with Gasteiger partial charge in [-0.15, -0.1) is 0 Å². The Hall–Kier alpha value is -2.58. The normalized spacial score (nSPS) is 11.4. The van der Waals surface area contributed by atoms with Gasteiger partial charge in [0.1, 0.15) is 11.6 Å². The zero-order valence-corrected chi connectivity index (χ0v) is 11.5. The van der Waals surface area contributed by atoms with E-state index in [2.05, 4.69) is 17.2 Å². The number of hydrogen-bond donors (Lipinski definition) is 2. The molecule has 0 bridgehead atoms. The van der Waals surface area contributed by atoms with Gasteiger partial charge in [-0.1, -0.05) is 11.8 Å². The number of nitrogens with two attached hydrogens (primary N) is 1. The second-order valence-corrected chi connectivity index (χ2v) is 4.41. The lowest BCUT2D eigenvalue weighted by molar-refractivity contribution is 0.0931. The van der Waals surface area contributed by atoms with E-state index in [-0.39, 0.29) is 18.2 Å². The maximum absolute atomic E-state index is 13.9. The third kappa shape index (κ3) is 3.71. The molecule has 0 fully saturated rings. The zero-order chi connectivity index (χ0) is 15.2. The molecule has 1 aromatic carbocycles. The fourth-order valence-electron chi connectivity index (χ4n) is 1.81. The van der Waals surface area contributed by atoms with Crippen LogP contribution < -0.4 is 11.1 Å². The average Bonchev–Trinajstić information content (AvgIpc) is 2.99. The first-order valence-electron chi connectivity index (χ1n) is 6.44. The second-order valence-electron chi connectivity index (χ2n) is 4.41. The Morgan fingerprint density at radius 3 is 2.90 bits per heavy atom. The monoisotopic (exact) mass is 286 g/mol. The van der Waals surface area contributed by atoms with Crippen molar-refractivity contribution in [3.63, 3.8) is 0 Å². The number of nitrogens with one attached hydrogen (secondary N) is 1. The molecule has 0 spiro atoms. The van der Waals surface area contributed by atoms with E-state index in [0.717, 1.165) is 0 Å². The number of rotatable bonds is 3. The minimum atomic E-state index is -0.622. The molecule has 4 nitrogen and oxygen atoms in total. The number of hydrogen-bond acceptors (Lipinski definition) is 3. The van der Waals surface area contributed by atoms with E-state index in [4.69, 9.17) is 10.2 Å². The van der Waals surface area contributed by atoms with Crippen molar-refractivity contribution in [2.75, 3.05) is 6.54 Å². The van der Waals surface area contributed by atoms with E-state index < -0.39 is 11.7 Å². The van der Waals surface area contributed by atoms with Crippen LogP contribution in [0.3, 0.4) is 0 Å². The summed E-state index contributed by atoms with van der Waals surface area (Å²) in [6.07, 6.45) is 1.52. The molecule has 1 amide bonds. The summed E-state index contributed by atoms with van der Waals surface area (Å²) >= 11 is 0. The molecule has 5 heteroatoms. The van der Waals surface area contributed by atoms with E-state index in [0.29, 0.717) is 11.3 Å². The zero-order valence-electron chi connectivity index (χ0n) is 11.5. The lowest BCUT2D eigenvalue weighted by Gasteiger charge is -2.12. The molecule has 0 aliphatic heterocycles. The smallest absolute Gasteiger partial charge is 0.254 e. The topological polar surface area (TPSA) is 68.3 Å². The molecular formula is C16H15FN2O2. The van der Waals surface area contributed by atoms with Crippen LogP contribution in [0.25, 0.3) is 0 Å². The molecule has 2 rings (SSSR count). The van der Waals surface area contributed by atoms with Gasteiger partial charge in [0.2, 0.25) is 0 Å². The van der Waals surface area contributed by atoms with Crippen LogP contribution in [0.15, 0.2) is 41.0 Å². The van der Waals surface area contributed by atoms with Crippen molar-refractivity contribution in [1.82, 2.24) is 5.32 Å². The third-order valence-electron chi connectivity index (χ3n) is 2.87. The molecule has 1 heterocycles. The summed E-state index contributed by atoms with van der Waals surface area (Å²) in [5, 5.41) is 2.67. The van der Waals surface area contributed by atoms with Crippen LogP contribution in [-0.4, -0.2) is 12.5 Å². The molecule has 3 N–H and O–H groups in total. The van der Waals surface area contributed by atoms with E-state index in [9.17, 15) is 9.18 Å². The molecular weight excluding hydrogens is 271 g/mol. The number of carbonyl (C=O) groups excluding carboxylic acids is 1. The molecule has 21 heavy (non-hydrogen) atoms. The summed E-state index contributed by atoms with van der Waals surface area (Å²) in [6.45, 7) is 1.96. The number of benzene rings is 1. The van der Waals surface area contributed by atoms with Gasteiger partial charge in [0, 0.05) is 5.56 Å². The Kier molecular flexibility index (Phi) is 4.75. The third-order valence-corrected chi connectivity index (χ3v) is 2.87. The molecule has 0 saturated carbocycles. The van der Waals surface area contributed by atoms with E-state index in [1.807, 2.05) is 0 Å². The van der Waals surface area contributed by atoms with Gasteiger partial charge in [0.25, 0.3) is 5.91 Å². The number of carbonyl (C=O) groups is 1. The Morgan fingerprint density at radius 1 is 1.48 bits per heavy atom. The molecule has 0 saturated heterocycles. The van der Waals surface area contributed by atoms with E-state index in [1.165, 1.54) is 18.4 Å². The highest BCUT2D eigenvalue weighted by Crippen LogP contribution is 2.15.